The molecule has 5 heteroatoms. The van der Waals surface area contributed by atoms with Gasteiger partial charge < -0.3 is 16.0 Å². The van der Waals surface area contributed by atoms with Crippen molar-refractivity contribution >= 4 is 11.8 Å². The highest BCUT2D eigenvalue weighted by molar-refractivity contribution is 5.79. The SMILES string of the molecule is CNC(=O)CCN(C)C(=O)CC1(CN)CCC1. The van der Waals surface area contributed by atoms with Gasteiger partial charge >= 0.3 is 0 Å². The fourth-order valence-electron chi connectivity index (χ4n) is 2.10. The second-order valence-electron chi connectivity index (χ2n) is 4.97. The van der Waals surface area contributed by atoms with Gasteiger partial charge in [-0.1, -0.05) is 6.42 Å². The number of hydrogen-bond acceptors (Lipinski definition) is 3. The molecule has 1 aliphatic rings. The molecule has 0 aliphatic heterocycles. The zero-order chi connectivity index (χ0) is 12.9. The summed E-state index contributed by atoms with van der Waals surface area (Å²) in [6, 6.07) is 0. The smallest absolute Gasteiger partial charge is 0.222 e. The number of nitrogens with zero attached hydrogens (tertiary/aromatic N) is 1. The number of rotatable bonds is 6. The first-order valence-electron chi connectivity index (χ1n) is 6.17. The van der Waals surface area contributed by atoms with Crippen LogP contribution in [0, 0.1) is 5.41 Å². The molecule has 0 heterocycles. The Morgan fingerprint density at radius 1 is 1.41 bits per heavy atom. The van der Waals surface area contributed by atoms with E-state index in [2.05, 4.69) is 5.32 Å². The molecule has 0 atom stereocenters. The lowest BCUT2D eigenvalue weighted by Crippen LogP contribution is -2.42. The third-order valence-corrected chi connectivity index (χ3v) is 3.75. The summed E-state index contributed by atoms with van der Waals surface area (Å²) in [6.07, 6.45) is 4.16. The molecule has 0 saturated heterocycles. The molecule has 0 bridgehead atoms. The predicted octanol–water partition coefficient (Wildman–Crippen LogP) is 0.100. The first-order chi connectivity index (χ1) is 8.03. The van der Waals surface area contributed by atoms with E-state index in [9.17, 15) is 9.59 Å². The average Bonchev–Trinajstić information content (AvgIpc) is 2.29. The minimum Gasteiger partial charge on any atom is -0.359 e. The maximum atomic E-state index is 11.9. The number of carbonyl (C=O) groups is 2. The Morgan fingerprint density at radius 3 is 2.47 bits per heavy atom. The summed E-state index contributed by atoms with van der Waals surface area (Å²) in [6.45, 7) is 1.06. The quantitative estimate of drug-likeness (QED) is 0.692. The molecule has 1 saturated carbocycles. The van der Waals surface area contributed by atoms with Crippen LogP contribution in [0.15, 0.2) is 0 Å². The van der Waals surface area contributed by atoms with Crippen LogP contribution in [0.3, 0.4) is 0 Å². The van der Waals surface area contributed by atoms with E-state index < -0.39 is 0 Å². The van der Waals surface area contributed by atoms with Crippen molar-refractivity contribution < 1.29 is 9.59 Å². The lowest BCUT2D eigenvalue weighted by molar-refractivity contribution is -0.134. The van der Waals surface area contributed by atoms with E-state index in [1.165, 1.54) is 6.42 Å². The van der Waals surface area contributed by atoms with Crippen molar-refractivity contribution in [3.8, 4) is 0 Å². The van der Waals surface area contributed by atoms with E-state index in [-0.39, 0.29) is 17.2 Å². The van der Waals surface area contributed by atoms with Crippen LogP contribution in [0.1, 0.15) is 32.1 Å². The second-order valence-corrected chi connectivity index (χ2v) is 4.97. The largest absolute Gasteiger partial charge is 0.359 e. The van der Waals surface area contributed by atoms with Crippen LogP contribution >= 0.6 is 0 Å². The molecule has 0 aromatic carbocycles. The van der Waals surface area contributed by atoms with Crippen LogP contribution in [0.4, 0.5) is 0 Å². The molecule has 0 aromatic rings. The van der Waals surface area contributed by atoms with Crippen LogP contribution in [-0.2, 0) is 9.59 Å². The van der Waals surface area contributed by atoms with Crippen molar-refractivity contribution in [2.45, 2.75) is 32.1 Å². The van der Waals surface area contributed by atoms with E-state index in [4.69, 9.17) is 5.73 Å². The van der Waals surface area contributed by atoms with Crippen LogP contribution in [0.2, 0.25) is 0 Å². The number of nitrogens with two attached hydrogens (primary N) is 1. The summed E-state index contributed by atoms with van der Waals surface area (Å²) in [5.74, 6) is 0.0564. The van der Waals surface area contributed by atoms with Crippen molar-refractivity contribution in [1.82, 2.24) is 10.2 Å². The van der Waals surface area contributed by atoms with E-state index in [0.29, 0.717) is 25.9 Å². The van der Waals surface area contributed by atoms with Gasteiger partial charge in [0.15, 0.2) is 0 Å². The molecule has 5 nitrogen and oxygen atoms in total. The van der Waals surface area contributed by atoms with Crippen molar-refractivity contribution in [3.63, 3.8) is 0 Å². The maximum absolute atomic E-state index is 11.9. The standard InChI is InChI=1S/C12H23N3O2/c1-14-10(16)4-7-15(2)11(17)8-12(9-13)5-3-6-12/h3-9,13H2,1-2H3,(H,14,16). The van der Waals surface area contributed by atoms with Crippen LogP contribution < -0.4 is 11.1 Å². The molecular formula is C12H23N3O2. The highest BCUT2D eigenvalue weighted by atomic mass is 16.2. The van der Waals surface area contributed by atoms with Gasteiger partial charge in [-0.15, -0.1) is 0 Å². The Labute approximate surface area is 103 Å². The summed E-state index contributed by atoms with van der Waals surface area (Å²) in [7, 11) is 3.34. The molecule has 17 heavy (non-hydrogen) atoms. The lowest BCUT2D eigenvalue weighted by atomic mass is 9.66. The fraction of sp³-hybridized carbons (Fsp3) is 0.833. The highest BCUT2D eigenvalue weighted by Crippen LogP contribution is 2.43. The predicted molar refractivity (Wildman–Crippen MR) is 66.3 cm³/mol. The first-order valence-corrected chi connectivity index (χ1v) is 6.17. The Kier molecular flexibility index (Phi) is 4.93. The Morgan fingerprint density at radius 2 is 2.06 bits per heavy atom. The molecule has 3 N–H and O–H groups in total. The average molecular weight is 241 g/mol. The van der Waals surface area contributed by atoms with Gasteiger partial charge in [0.05, 0.1) is 0 Å². The summed E-state index contributed by atoms with van der Waals surface area (Å²) in [5.41, 5.74) is 5.77. The minimum absolute atomic E-state index is 0.0400. The van der Waals surface area contributed by atoms with Crippen molar-refractivity contribution in [2.24, 2.45) is 11.1 Å². The summed E-state index contributed by atoms with van der Waals surface area (Å²) in [4.78, 5) is 24.7. The van der Waals surface area contributed by atoms with Crippen molar-refractivity contribution in [1.29, 1.82) is 0 Å². The number of amides is 2. The fourth-order valence-corrected chi connectivity index (χ4v) is 2.10. The zero-order valence-corrected chi connectivity index (χ0v) is 10.8. The van der Waals surface area contributed by atoms with E-state index in [1.807, 2.05) is 0 Å². The second kappa shape index (κ2) is 6.00. The topological polar surface area (TPSA) is 75.4 Å². The van der Waals surface area contributed by atoms with E-state index in [1.54, 1.807) is 19.0 Å². The Balaban J connectivity index is 2.34. The van der Waals surface area contributed by atoms with Gasteiger partial charge in [-0.2, -0.15) is 0 Å². The van der Waals surface area contributed by atoms with E-state index >= 15 is 0 Å². The van der Waals surface area contributed by atoms with Gasteiger partial charge in [0.25, 0.3) is 0 Å². The maximum Gasteiger partial charge on any atom is 0.222 e. The minimum atomic E-state index is -0.0400. The lowest BCUT2D eigenvalue weighted by Gasteiger charge is -2.41. The normalized spacial score (nSPS) is 17.1. The monoisotopic (exact) mass is 241 g/mol. The molecule has 0 aromatic heterocycles. The highest BCUT2D eigenvalue weighted by Gasteiger charge is 2.38. The third-order valence-electron chi connectivity index (χ3n) is 3.75. The van der Waals surface area contributed by atoms with Crippen molar-refractivity contribution in [2.75, 3.05) is 27.2 Å². The molecule has 0 unspecified atom stereocenters. The third kappa shape index (κ3) is 3.70. The summed E-state index contributed by atoms with van der Waals surface area (Å²) in [5, 5.41) is 2.54. The number of nitrogens with one attached hydrogen (secondary N) is 1. The first kappa shape index (κ1) is 14.0. The molecule has 0 radical (unpaired) electrons. The van der Waals surface area contributed by atoms with Gasteiger partial charge in [-0.3, -0.25) is 9.59 Å². The van der Waals surface area contributed by atoms with Crippen molar-refractivity contribution in [3.05, 3.63) is 0 Å². The molecule has 0 spiro atoms. The van der Waals surface area contributed by atoms with E-state index in [0.717, 1.165) is 12.8 Å². The number of hydrogen-bond donors (Lipinski definition) is 2. The Bertz CT molecular complexity index is 282. The van der Waals surface area contributed by atoms with Crippen LogP contribution in [0.25, 0.3) is 0 Å². The van der Waals surface area contributed by atoms with Gasteiger partial charge in [-0.25, -0.2) is 0 Å². The molecule has 1 fully saturated rings. The van der Waals surface area contributed by atoms with Gasteiger partial charge in [0.1, 0.15) is 0 Å². The van der Waals surface area contributed by atoms with Crippen LogP contribution in [0.5, 0.6) is 0 Å². The summed E-state index contributed by atoms with van der Waals surface area (Å²) < 4.78 is 0. The Hall–Kier alpha value is -1.10. The molecule has 1 rings (SSSR count). The van der Waals surface area contributed by atoms with Gasteiger partial charge in [-0.05, 0) is 24.8 Å². The van der Waals surface area contributed by atoms with Crippen LogP contribution in [-0.4, -0.2) is 43.9 Å². The molecule has 1 aliphatic carbocycles. The summed E-state index contributed by atoms with van der Waals surface area (Å²) >= 11 is 0. The zero-order valence-electron chi connectivity index (χ0n) is 10.8. The van der Waals surface area contributed by atoms with Gasteiger partial charge in [0, 0.05) is 33.5 Å². The molecule has 98 valence electrons. The molecular weight excluding hydrogens is 218 g/mol. The number of carbonyl (C=O) groups excluding carboxylic acids is 2. The van der Waals surface area contributed by atoms with Gasteiger partial charge in [0.2, 0.25) is 11.8 Å². The molecule has 2 amide bonds.